The predicted octanol–water partition coefficient (Wildman–Crippen LogP) is 1.78. The molecule has 1 aliphatic heterocycles. The Balaban J connectivity index is 2.04. The lowest BCUT2D eigenvalue weighted by atomic mass is 10.2. The summed E-state index contributed by atoms with van der Waals surface area (Å²) in [5, 5.41) is 9.13. The van der Waals surface area contributed by atoms with E-state index in [0.717, 1.165) is 13.0 Å². The van der Waals surface area contributed by atoms with Crippen LogP contribution in [0.3, 0.4) is 0 Å². The Morgan fingerprint density at radius 2 is 2.00 bits per heavy atom. The van der Waals surface area contributed by atoms with Gasteiger partial charge in [-0.2, -0.15) is 0 Å². The van der Waals surface area contributed by atoms with Gasteiger partial charge in [-0.25, -0.2) is 9.59 Å². The van der Waals surface area contributed by atoms with Crippen LogP contribution < -0.4 is 0 Å². The van der Waals surface area contributed by atoms with Gasteiger partial charge in [0.1, 0.15) is 6.04 Å². The number of likely N-dealkylation sites (tertiary alicyclic amines) is 1. The number of urea groups is 1. The first-order valence-corrected chi connectivity index (χ1v) is 6.80. The normalized spacial score (nSPS) is 23.5. The van der Waals surface area contributed by atoms with Crippen molar-refractivity contribution in [2.75, 3.05) is 13.1 Å². The van der Waals surface area contributed by atoms with Gasteiger partial charge in [-0.15, -0.1) is 0 Å². The lowest BCUT2D eigenvalue weighted by Crippen LogP contribution is -2.50. The predicted molar refractivity (Wildman–Crippen MR) is 67.3 cm³/mol. The van der Waals surface area contributed by atoms with E-state index in [9.17, 15) is 9.59 Å². The van der Waals surface area contributed by atoms with Gasteiger partial charge >= 0.3 is 12.0 Å². The summed E-state index contributed by atoms with van der Waals surface area (Å²) in [6, 6.07) is -0.590. The number of carboxylic acids is 1. The molecule has 5 nitrogen and oxygen atoms in total. The van der Waals surface area contributed by atoms with Crippen LogP contribution in [0.25, 0.3) is 0 Å². The van der Waals surface area contributed by atoms with E-state index in [0.29, 0.717) is 18.9 Å². The fraction of sp³-hybridized carbons (Fsp3) is 0.846. The van der Waals surface area contributed by atoms with Gasteiger partial charge in [0.2, 0.25) is 0 Å². The molecular formula is C13H22N2O3. The van der Waals surface area contributed by atoms with Crippen molar-refractivity contribution < 1.29 is 14.7 Å². The highest BCUT2D eigenvalue weighted by atomic mass is 16.4. The molecule has 0 radical (unpaired) electrons. The van der Waals surface area contributed by atoms with Gasteiger partial charge in [0.15, 0.2) is 0 Å². The Kier molecular flexibility index (Phi) is 3.78. The van der Waals surface area contributed by atoms with Gasteiger partial charge in [0.05, 0.1) is 0 Å². The molecule has 0 bridgehead atoms. The molecule has 2 fully saturated rings. The molecule has 0 unspecified atom stereocenters. The number of nitrogens with zero attached hydrogens (tertiary/aromatic N) is 2. The number of carboxylic acid groups (broad SMARTS) is 1. The van der Waals surface area contributed by atoms with Gasteiger partial charge in [-0.05, 0) is 45.4 Å². The summed E-state index contributed by atoms with van der Waals surface area (Å²) in [4.78, 5) is 26.9. The second kappa shape index (κ2) is 5.16. The van der Waals surface area contributed by atoms with Crippen molar-refractivity contribution in [2.45, 2.75) is 51.6 Å². The molecule has 102 valence electrons. The first kappa shape index (κ1) is 13.2. The van der Waals surface area contributed by atoms with Gasteiger partial charge in [-0.1, -0.05) is 0 Å². The molecule has 0 aromatic carbocycles. The van der Waals surface area contributed by atoms with Crippen LogP contribution in [-0.2, 0) is 4.79 Å². The van der Waals surface area contributed by atoms with E-state index in [1.807, 2.05) is 18.7 Å². The molecule has 2 aliphatic rings. The van der Waals surface area contributed by atoms with Crippen molar-refractivity contribution in [3.63, 3.8) is 0 Å². The Bertz CT molecular complexity index is 339. The minimum absolute atomic E-state index is 0.0956. The third-order valence-corrected chi connectivity index (χ3v) is 3.80. The SMILES string of the molecule is CC(C)N(CC1CC1)C(=O)N1CCC[C@@H]1C(=O)O. The van der Waals surface area contributed by atoms with Crippen LogP contribution in [0, 0.1) is 5.92 Å². The quantitative estimate of drug-likeness (QED) is 0.831. The minimum Gasteiger partial charge on any atom is -0.480 e. The second-order valence-electron chi connectivity index (χ2n) is 5.66. The number of aliphatic carboxylic acids is 1. The maximum atomic E-state index is 12.5. The molecule has 0 aromatic rings. The summed E-state index contributed by atoms with van der Waals surface area (Å²) >= 11 is 0. The summed E-state index contributed by atoms with van der Waals surface area (Å²) in [5.74, 6) is -0.252. The van der Waals surface area contributed by atoms with E-state index in [2.05, 4.69) is 0 Å². The van der Waals surface area contributed by atoms with Gasteiger partial charge in [0.25, 0.3) is 0 Å². The van der Waals surface area contributed by atoms with Crippen LogP contribution in [0.5, 0.6) is 0 Å². The maximum Gasteiger partial charge on any atom is 0.326 e. The summed E-state index contributed by atoms with van der Waals surface area (Å²) in [6.07, 6.45) is 3.76. The number of hydrogen-bond acceptors (Lipinski definition) is 2. The average Bonchev–Trinajstić information content (AvgIpc) is 2.97. The smallest absolute Gasteiger partial charge is 0.326 e. The van der Waals surface area contributed by atoms with Crippen LogP contribution in [0.1, 0.15) is 39.5 Å². The first-order chi connectivity index (χ1) is 8.50. The topological polar surface area (TPSA) is 60.9 Å². The molecule has 1 N–H and O–H groups in total. The zero-order valence-electron chi connectivity index (χ0n) is 11.1. The number of hydrogen-bond donors (Lipinski definition) is 1. The fourth-order valence-electron chi connectivity index (χ4n) is 2.51. The molecule has 5 heteroatoms. The third-order valence-electron chi connectivity index (χ3n) is 3.80. The summed E-state index contributed by atoms with van der Waals surface area (Å²) in [6.45, 7) is 5.33. The van der Waals surface area contributed by atoms with Crippen LogP contribution in [0.2, 0.25) is 0 Å². The molecule has 1 aliphatic carbocycles. The van der Waals surface area contributed by atoms with E-state index >= 15 is 0 Å². The Morgan fingerprint density at radius 1 is 1.33 bits per heavy atom. The van der Waals surface area contributed by atoms with Gasteiger partial charge in [0, 0.05) is 19.1 Å². The van der Waals surface area contributed by atoms with E-state index in [1.165, 1.54) is 17.7 Å². The molecule has 1 atom stereocenters. The molecule has 1 heterocycles. The Labute approximate surface area is 108 Å². The first-order valence-electron chi connectivity index (χ1n) is 6.80. The van der Waals surface area contributed by atoms with Crippen LogP contribution >= 0.6 is 0 Å². The summed E-state index contributed by atoms with van der Waals surface area (Å²) < 4.78 is 0. The van der Waals surface area contributed by atoms with Crippen molar-refractivity contribution in [3.8, 4) is 0 Å². The number of carbonyl (C=O) groups is 2. The van der Waals surface area contributed by atoms with Crippen molar-refractivity contribution in [3.05, 3.63) is 0 Å². The van der Waals surface area contributed by atoms with Gasteiger partial charge < -0.3 is 14.9 Å². The summed E-state index contributed by atoms with van der Waals surface area (Å²) in [7, 11) is 0. The third kappa shape index (κ3) is 2.76. The molecule has 1 saturated heterocycles. The van der Waals surface area contributed by atoms with Crippen molar-refractivity contribution in [1.82, 2.24) is 9.80 Å². The molecule has 0 aromatic heterocycles. The van der Waals surface area contributed by atoms with Crippen molar-refractivity contribution in [2.24, 2.45) is 5.92 Å². The average molecular weight is 254 g/mol. The molecule has 1 saturated carbocycles. The van der Waals surface area contributed by atoms with E-state index in [-0.39, 0.29) is 12.1 Å². The van der Waals surface area contributed by atoms with Crippen LogP contribution in [0.15, 0.2) is 0 Å². The standard InChI is InChI=1S/C13H22N2O3/c1-9(2)15(8-10-5-6-10)13(18)14-7-3-4-11(14)12(16)17/h9-11H,3-8H2,1-2H3,(H,16,17)/t11-/m1/s1. The van der Waals surface area contributed by atoms with Gasteiger partial charge in [-0.3, -0.25) is 0 Å². The minimum atomic E-state index is -0.879. The maximum absolute atomic E-state index is 12.5. The number of rotatable bonds is 4. The van der Waals surface area contributed by atoms with Crippen molar-refractivity contribution >= 4 is 12.0 Å². The molecule has 0 spiro atoms. The van der Waals surface area contributed by atoms with Crippen LogP contribution in [-0.4, -0.2) is 52.1 Å². The molecule has 18 heavy (non-hydrogen) atoms. The highest BCUT2D eigenvalue weighted by molar-refractivity contribution is 5.83. The second-order valence-corrected chi connectivity index (χ2v) is 5.66. The number of amides is 2. The zero-order valence-corrected chi connectivity index (χ0v) is 11.1. The lowest BCUT2D eigenvalue weighted by molar-refractivity contribution is -0.141. The number of carbonyl (C=O) groups excluding carboxylic acids is 1. The van der Waals surface area contributed by atoms with E-state index in [4.69, 9.17) is 5.11 Å². The highest BCUT2D eigenvalue weighted by Gasteiger charge is 2.38. The fourth-order valence-corrected chi connectivity index (χ4v) is 2.51. The molecule has 2 rings (SSSR count). The summed E-state index contributed by atoms with van der Waals surface area (Å²) in [5.41, 5.74) is 0. The van der Waals surface area contributed by atoms with Crippen LogP contribution in [0.4, 0.5) is 4.79 Å². The van der Waals surface area contributed by atoms with Crippen molar-refractivity contribution in [1.29, 1.82) is 0 Å². The van der Waals surface area contributed by atoms with E-state index in [1.54, 1.807) is 0 Å². The highest BCUT2D eigenvalue weighted by Crippen LogP contribution is 2.31. The molecule has 2 amide bonds. The Morgan fingerprint density at radius 3 is 2.50 bits per heavy atom. The lowest BCUT2D eigenvalue weighted by Gasteiger charge is -2.33. The monoisotopic (exact) mass is 254 g/mol. The largest absolute Gasteiger partial charge is 0.480 e. The van der Waals surface area contributed by atoms with E-state index < -0.39 is 12.0 Å². The molecular weight excluding hydrogens is 232 g/mol. The Hall–Kier alpha value is -1.26. The zero-order chi connectivity index (χ0) is 13.3.